The Morgan fingerprint density at radius 1 is 1.07 bits per heavy atom. The molecule has 0 aliphatic heterocycles. The van der Waals surface area contributed by atoms with E-state index in [0.717, 1.165) is 16.2 Å². The van der Waals surface area contributed by atoms with Crippen molar-refractivity contribution in [2.24, 2.45) is 0 Å². The number of carbonyl (C=O) groups excluding carboxylic acids is 1. The Hall–Kier alpha value is -2.02. The van der Waals surface area contributed by atoms with E-state index >= 15 is 0 Å². The number of ether oxygens (including phenoxy) is 1. The molecule has 0 saturated carbocycles. The summed E-state index contributed by atoms with van der Waals surface area (Å²) in [5, 5.41) is 9.67. The lowest BCUT2D eigenvalue weighted by atomic mass is 10.1. The Morgan fingerprint density at radius 3 is 1.96 bits per heavy atom. The van der Waals surface area contributed by atoms with Gasteiger partial charge in [-0.05, 0) is 56.6 Å². The second-order valence-corrected chi connectivity index (χ2v) is 14.4. The molecule has 1 N–H and O–H groups in total. The standard InChI is InChI=1S/C21H35NO5Si/c1-20(2,3)26-19(25)22(7)17(18(23)24)14-15-10-12-16(13-11-15)27-28(8,9)21(4,5)6/h10-13,17H,14H2,1-9H3,(H,23,24)/t17-/m0/s1. The smallest absolute Gasteiger partial charge is 0.410 e. The summed E-state index contributed by atoms with van der Waals surface area (Å²) >= 11 is 0. The predicted octanol–water partition coefficient (Wildman–Crippen LogP) is 4.93. The quantitative estimate of drug-likeness (QED) is 0.674. The lowest BCUT2D eigenvalue weighted by molar-refractivity contribution is -0.142. The van der Waals surface area contributed by atoms with Gasteiger partial charge in [-0.15, -0.1) is 0 Å². The van der Waals surface area contributed by atoms with Crippen LogP contribution in [0, 0.1) is 0 Å². The van der Waals surface area contributed by atoms with Gasteiger partial charge < -0.3 is 14.3 Å². The lowest BCUT2D eigenvalue weighted by Gasteiger charge is -2.36. The molecule has 1 amide bonds. The number of aliphatic carboxylic acids is 1. The fourth-order valence-electron chi connectivity index (χ4n) is 2.22. The highest BCUT2D eigenvalue weighted by Crippen LogP contribution is 2.37. The average molecular weight is 410 g/mol. The van der Waals surface area contributed by atoms with Crippen molar-refractivity contribution in [1.29, 1.82) is 0 Å². The minimum Gasteiger partial charge on any atom is -0.544 e. The molecule has 0 aromatic heterocycles. The van der Waals surface area contributed by atoms with E-state index in [1.165, 1.54) is 7.05 Å². The van der Waals surface area contributed by atoms with Crippen LogP contribution in [-0.2, 0) is 16.0 Å². The number of carboxylic acid groups (broad SMARTS) is 1. The van der Waals surface area contributed by atoms with Gasteiger partial charge >= 0.3 is 12.1 Å². The zero-order chi connectivity index (χ0) is 21.9. The average Bonchev–Trinajstić information content (AvgIpc) is 2.50. The SMILES string of the molecule is CN(C(=O)OC(C)(C)C)[C@@H](Cc1ccc(O[Si](C)(C)C(C)(C)C)cc1)C(=O)O. The summed E-state index contributed by atoms with van der Waals surface area (Å²) in [4.78, 5) is 25.1. The summed E-state index contributed by atoms with van der Waals surface area (Å²) in [6.45, 7) is 16.1. The van der Waals surface area contributed by atoms with E-state index in [1.54, 1.807) is 20.8 Å². The van der Waals surface area contributed by atoms with Gasteiger partial charge in [0.25, 0.3) is 0 Å². The molecule has 6 nitrogen and oxygen atoms in total. The minimum absolute atomic E-state index is 0.0935. The third-order valence-corrected chi connectivity index (χ3v) is 9.32. The molecule has 1 aromatic carbocycles. The van der Waals surface area contributed by atoms with Gasteiger partial charge in [-0.3, -0.25) is 4.90 Å². The van der Waals surface area contributed by atoms with Crippen molar-refractivity contribution >= 4 is 20.4 Å². The van der Waals surface area contributed by atoms with E-state index < -0.39 is 32.0 Å². The summed E-state index contributed by atoms with van der Waals surface area (Å²) in [7, 11) is -0.486. The van der Waals surface area contributed by atoms with Crippen molar-refractivity contribution in [1.82, 2.24) is 4.90 Å². The van der Waals surface area contributed by atoms with Crippen LogP contribution in [0.3, 0.4) is 0 Å². The largest absolute Gasteiger partial charge is 0.544 e. The number of benzene rings is 1. The third kappa shape index (κ3) is 6.85. The van der Waals surface area contributed by atoms with E-state index in [-0.39, 0.29) is 11.5 Å². The maximum atomic E-state index is 12.2. The van der Waals surface area contributed by atoms with Crippen LogP contribution in [0.4, 0.5) is 4.79 Å². The van der Waals surface area contributed by atoms with Crippen molar-refractivity contribution in [3.8, 4) is 5.75 Å². The number of rotatable bonds is 6. The number of nitrogens with zero attached hydrogens (tertiary/aromatic N) is 1. The number of hydrogen-bond donors (Lipinski definition) is 1. The van der Waals surface area contributed by atoms with Gasteiger partial charge in [0.1, 0.15) is 17.4 Å². The van der Waals surface area contributed by atoms with Crippen LogP contribution in [0.1, 0.15) is 47.1 Å². The summed E-state index contributed by atoms with van der Waals surface area (Å²) in [5.74, 6) is -0.294. The van der Waals surface area contributed by atoms with Crippen LogP contribution in [0.5, 0.6) is 5.75 Å². The number of likely N-dealkylation sites (N-methyl/N-ethyl adjacent to an activating group) is 1. The van der Waals surface area contributed by atoms with Gasteiger partial charge in [0.05, 0.1) is 0 Å². The molecule has 0 radical (unpaired) electrons. The maximum Gasteiger partial charge on any atom is 0.410 e. The van der Waals surface area contributed by atoms with Gasteiger partial charge in [-0.2, -0.15) is 0 Å². The molecule has 0 aliphatic rings. The second-order valence-electron chi connectivity index (χ2n) is 9.66. The summed E-state index contributed by atoms with van der Waals surface area (Å²) in [6, 6.07) is 6.41. The van der Waals surface area contributed by atoms with Gasteiger partial charge in [0, 0.05) is 13.5 Å². The number of amides is 1. The Morgan fingerprint density at radius 2 is 1.57 bits per heavy atom. The number of hydrogen-bond acceptors (Lipinski definition) is 4. The molecule has 158 valence electrons. The molecule has 0 spiro atoms. The molecule has 0 aliphatic carbocycles. The normalized spacial score (nSPS) is 13.6. The van der Waals surface area contributed by atoms with Crippen molar-refractivity contribution in [3.05, 3.63) is 29.8 Å². The molecular weight excluding hydrogens is 374 g/mol. The van der Waals surface area contributed by atoms with Crippen LogP contribution >= 0.6 is 0 Å². The Labute approximate surface area is 170 Å². The van der Waals surface area contributed by atoms with Crippen LogP contribution in [0.25, 0.3) is 0 Å². The predicted molar refractivity (Wildman–Crippen MR) is 113 cm³/mol. The molecule has 28 heavy (non-hydrogen) atoms. The molecule has 1 aromatic rings. The summed E-state index contributed by atoms with van der Waals surface area (Å²) in [5.41, 5.74) is 0.127. The van der Waals surface area contributed by atoms with Gasteiger partial charge in [-0.25, -0.2) is 9.59 Å². The zero-order valence-corrected chi connectivity index (χ0v) is 19.6. The summed E-state index contributed by atoms with van der Waals surface area (Å²) < 4.78 is 11.5. The van der Waals surface area contributed by atoms with Crippen molar-refractivity contribution in [2.75, 3.05) is 7.05 Å². The monoisotopic (exact) mass is 409 g/mol. The first-order valence-electron chi connectivity index (χ1n) is 9.50. The van der Waals surface area contributed by atoms with Crippen LogP contribution in [-0.4, -0.2) is 49.1 Å². The topological polar surface area (TPSA) is 76.1 Å². The highest BCUT2D eigenvalue weighted by molar-refractivity contribution is 6.74. The molecule has 1 atom stereocenters. The summed E-state index contributed by atoms with van der Waals surface area (Å²) in [6.07, 6.45) is -0.469. The fourth-order valence-corrected chi connectivity index (χ4v) is 3.25. The minimum atomic E-state index is -1.93. The Kier molecular flexibility index (Phi) is 7.33. The Bertz CT molecular complexity index is 686. The molecule has 0 unspecified atom stereocenters. The third-order valence-electron chi connectivity index (χ3n) is 4.97. The molecule has 0 saturated heterocycles. The molecular formula is C21H35NO5Si. The molecule has 0 bridgehead atoms. The van der Waals surface area contributed by atoms with Crippen LogP contribution in [0.15, 0.2) is 24.3 Å². The van der Waals surface area contributed by atoms with E-state index in [4.69, 9.17) is 9.16 Å². The van der Waals surface area contributed by atoms with Gasteiger partial charge in [-0.1, -0.05) is 32.9 Å². The molecule has 7 heteroatoms. The van der Waals surface area contributed by atoms with Crippen LogP contribution in [0.2, 0.25) is 18.1 Å². The first-order valence-corrected chi connectivity index (χ1v) is 12.4. The highest BCUT2D eigenvalue weighted by Gasteiger charge is 2.39. The van der Waals surface area contributed by atoms with Gasteiger partial charge in [0.15, 0.2) is 0 Å². The first kappa shape index (κ1) is 24.0. The number of carboxylic acids is 1. The molecule has 0 fully saturated rings. The maximum absolute atomic E-state index is 12.2. The highest BCUT2D eigenvalue weighted by atomic mass is 28.4. The fraction of sp³-hybridized carbons (Fsp3) is 0.619. The Balaban J connectivity index is 2.90. The second kappa shape index (κ2) is 8.55. The molecule has 1 rings (SSSR count). The van der Waals surface area contributed by atoms with Gasteiger partial charge in [0.2, 0.25) is 8.32 Å². The van der Waals surface area contributed by atoms with E-state index in [1.807, 2.05) is 24.3 Å². The van der Waals surface area contributed by atoms with E-state index in [2.05, 4.69) is 33.9 Å². The zero-order valence-electron chi connectivity index (χ0n) is 18.6. The van der Waals surface area contributed by atoms with E-state index in [9.17, 15) is 14.7 Å². The molecule has 0 heterocycles. The lowest BCUT2D eigenvalue weighted by Crippen LogP contribution is -2.46. The number of carbonyl (C=O) groups is 2. The van der Waals surface area contributed by atoms with Crippen LogP contribution < -0.4 is 4.43 Å². The van der Waals surface area contributed by atoms with Crippen molar-refractivity contribution in [2.45, 2.75) is 77.7 Å². The van der Waals surface area contributed by atoms with E-state index in [0.29, 0.717) is 0 Å². The van der Waals surface area contributed by atoms with Crippen molar-refractivity contribution in [3.63, 3.8) is 0 Å². The first-order chi connectivity index (χ1) is 12.5. The van der Waals surface area contributed by atoms with Crippen molar-refractivity contribution < 1.29 is 23.9 Å².